The lowest BCUT2D eigenvalue weighted by Gasteiger charge is -2.08. The van der Waals surface area contributed by atoms with Crippen LogP contribution >= 0.6 is 11.6 Å². The van der Waals surface area contributed by atoms with E-state index in [0.29, 0.717) is 16.6 Å². The van der Waals surface area contributed by atoms with E-state index in [4.69, 9.17) is 11.6 Å². The largest absolute Gasteiger partial charge is 0.292 e. The molecule has 0 N–H and O–H groups in total. The molecule has 0 saturated heterocycles. The number of halogens is 1. The highest BCUT2D eigenvalue weighted by Crippen LogP contribution is 2.38. The van der Waals surface area contributed by atoms with Gasteiger partial charge in [0.1, 0.15) is 5.69 Å². The zero-order chi connectivity index (χ0) is 10.3. The Morgan fingerprint density at radius 3 is 2.79 bits per heavy atom. The second-order valence-electron chi connectivity index (χ2n) is 3.96. The second-order valence-corrected chi connectivity index (χ2v) is 4.36. The Morgan fingerprint density at radius 2 is 2.36 bits per heavy atom. The number of hydrogen-bond acceptors (Lipinski definition) is 2. The van der Waals surface area contributed by atoms with E-state index in [1.165, 1.54) is 19.0 Å². The molecular formula is C10H13ClN2O. The predicted molar refractivity (Wildman–Crippen MR) is 54.4 cm³/mol. The molecule has 2 rings (SSSR count). The second kappa shape index (κ2) is 3.39. The van der Waals surface area contributed by atoms with Crippen LogP contribution in [-0.4, -0.2) is 15.6 Å². The molecule has 1 aromatic rings. The fourth-order valence-electron chi connectivity index (χ4n) is 1.71. The van der Waals surface area contributed by atoms with Crippen LogP contribution in [-0.2, 0) is 7.05 Å². The molecule has 0 bridgehead atoms. The molecule has 1 atom stereocenters. The predicted octanol–water partition coefficient (Wildman–Crippen LogP) is 2.30. The molecule has 3 nitrogen and oxygen atoms in total. The molecule has 1 unspecified atom stereocenters. The van der Waals surface area contributed by atoms with Gasteiger partial charge in [0.15, 0.2) is 5.78 Å². The minimum absolute atomic E-state index is 0.0860. The Kier molecular flexibility index (Phi) is 2.35. The summed E-state index contributed by atoms with van der Waals surface area (Å²) in [4.78, 5) is 12.0. The molecule has 0 radical (unpaired) electrons. The summed E-state index contributed by atoms with van der Waals surface area (Å²) in [6.45, 7) is 1.98. The maximum Gasteiger partial charge on any atom is 0.185 e. The number of carbonyl (C=O) groups is 1. The van der Waals surface area contributed by atoms with Gasteiger partial charge in [-0.25, -0.2) is 0 Å². The first kappa shape index (κ1) is 9.71. The lowest BCUT2D eigenvalue weighted by Crippen LogP contribution is -2.17. The fourth-order valence-corrected chi connectivity index (χ4v) is 1.97. The molecule has 0 spiro atoms. The molecule has 1 aromatic heterocycles. The maximum absolute atomic E-state index is 12.0. The van der Waals surface area contributed by atoms with Gasteiger partial charge >= 0.3 is 0 Å². The van der Waals surface area contributed by atoms with Crippen LogP contribution in [0.2, 0.25) is 5.02 Å². The topological polar surface area (TPSA) is 34.9 Å². The van der Waals surface area contributed by atoms with E-state index in [0.717, 1.165) is 0 Å². The van der Waals surface area contributed by atoms with Crippen LogP contribution in [0.25, 0.3) is 0 Å². The summed E-state index contributed by atoms with van der Waals surface area (Å²) in [5.74, 6) is 0.772. The van der Waals surface area contributed by atoms with Crippen LogP contribution < -0.4 is 0 Å². The lowest BCUT2D eigenvalue weighted by atomic mass is 9.99. The molecule has 1 aliphatic carbocycles. The first-order valence-electron chi connectivity index (χ1n) is 4.83. The molecule has 76 valence electrons. The monoisotopic (exact) mass is 212 g/mol. The number of Topliss-reactive ketones (excluding diaryl/α,β-unsaturated/α-hetero) is 1. The van der Waals surface area contributed by atoms with Gasteiger partial charge in [0.25, 0.3) is 0 Å². The number of rotatable bonds is 3. The van der Waals surface area contributed by atoms with Gasteiger partial charge in [0.05, 0.1) is 11.2 Å². The average Bonchev–Trinajstić information content (AvgIpc) is 2.92. The van der Waals surface area contributed by atoms with E-state index in [2.05, 4.69) is 5.10 Å². The first-order chi connectivity index (χ1) is 6.61. The van der Waals surface area contributed by atoms with E-state index < -0.39 is 0 Å². The summed E-state index contributed by atoms with van der Waals surface area (Å²) in [5.41, 5.74) is 0.547. The highest BCUT2D eigenvalue weighted by molar-refractivity contribution is 6.33. The lowest BCUT2D eigenvalue weighted by molar-refractivity contribution is 0.0906. The van der Waals surface area contributed by atoms with Crippen LogP contribution in [0.15, 0.2) is 6.20 Å². The van der Waals surface area contributed by atoms with Gasteiger partial charge in [-0.1, -0.05) is 18.5 Å². The van der Waals surface area contributed by atoms with Gasteiger partial charge in [0, 0.05) is 13.0 Å². The fraction of sp³-hybridized carbons (Fsp3) is 0.600. The number of aryl methyl sites for hydroxylation is 1. The van der Waals surface area contributed by atoms with Crippen LogP contribution in [0, 0.1) is 11.8 Å². The van der Waals surface area contributed by atoms with E-state index >= 15 is 0 Å². The highest BCUT2D eigenvalue weighted by Gasteiger charge is 2.34. The minimum Gasteiger partial charge on any atom is -0.292 e. The third kappa shape index (κ3) is 1.57. The molecule has 4 heteroatoms. The molecule has 1 heterocycles. The van der Waals surface area contributed by atoms with Gasteiger partial charge in [0.2, 0.25) is 0 Å². The number of nitrogens with zero attached hydrogens (tertiary/aromatic N) is 2. The van der Waals surface area contributed by atoms with E-state index in [1.807, 2.05) is 6.92 Å². The molecule has 1 aliphatic rings. The van der Waals surface area contributed by atoms with Gasteiger partial charge in [-0.15, -0.1) is 0 Å². The van der Waals surface area contributed by atoms with Crippen LogP contribution in [0.1, 0.15) is 30.3 Å². The number of hydrogen-bond donors (Lipinski definition) is 0. The molecule has 14 heavy (non-hydrogen) atoms. The van der Waals surface area contributed by atoms with Crippen molar-refractivity contribution in [3.8, 4) is 0 Å². The van der Waals surface area contributed by atoms with Crippen molar-refractivity contribution in [1.82, 2.24) is 9.78 Å². The molecule has 1 fully saturated rings. The molecule has 0 aliphatic heterocycles. The Balaban J connectivity index is 2.25. The summed E-state index contributed by atoms with van der Waals surface area (Å²) in [6, 6.07) is 0. The van der Waals surface area contributed by atoms with Crippen LogP contribution in [0.5, 0.6) is 0 Å². The highest BCUT2D eigenvalue weighted by atomic mass is 35.5. The quantitative estimate of drug-likeness (QED) is 0.721. The van der Waals surface area contributed by atoms with Crippen molar-refractivity contribution in [3.63, 3.8) is 0 Å². The van der Waals surface area contributed by atoms with Crippen molar-refractivity contribution in [2.75, 3.05) is 0 Å². The minimum atomic E-state index is 0.0860. The van der Waals surface area contributed by atoms with E-state index in [-0.39, 0.29) is 11.7 Å². The van der Waals surface area contributed by atoms with Gasteiger partial charge < -0.3 is 0 Å². The third-order valence-electron chi connectivity index (χ3n) is 2.87. The third-order valence-corrected chi connectivity index (χ3v) is 3.15. The van der Waals surface area contributed by atoms with Gasteiger partial charge in [-0.3, -0.25) is 9.48 Å². The van der Waals surface area contributed by atoms with Crippen molar-refractivity contribution in [1.29, 1.82) is 0 Å². The number of aromatic nitrogens is 2. The van der Waals surface area contributed by atoms with Crippen LogP contribution in [0.4, 0.5) is 0 Å². The summed E-state index contributed by atoms with van der Waals surface area (Å²) in [7, 11) is 1.75. The summed E-state index contributed by atoms with van der Waals surface area (Å²) in [6.07, 6.45) is 3.86. The Bertz CT molecular complexity index is 349. The SMILES string of the molecule is CC(C(=O)c1c(Cl)cnn1C)C1CC1. The van der Waals surface area contributed by atoms with Crippen molar-refractivity contribution < 1.29 is 4.79 Å². The van der Waals surface area contributed by atoms with E-state index in [9.17, 15) is 4.79 Å². The van der Waals surface area contributed by atoms with Crippen molar-refractivity contribution in [2.24, 2.45) is 18.9 Å². The van der Waals surface area contributed by atoms with Crippen molar-refractivity contribution in [2.45, 2.75) is 19.8 Å². The smallest absolute Gasteiger partial charge is 0.185 e. The van der Waals surface area contributed by atoms with Gasteiger partial charge in [-0.05, 0) is 18.8 Å². The van der Waals surface area contributed by atoms with Gasteiger partial charge in [-0.2, -0.15) is 5.10 Å². The maximum atomic E-state index is 12.0. The zero-order valence-electron chi connectivity index (χ0n) is 8.33. The summed E-state index contributed by atoms with van der Waals surface area (Å²) < 4.78 is 1.56. The number of ketones is 1. The Labute approximate surface area is 88.1 Å². The van der Waals surface area contributed by atoms with Crippen LogP contribution in [0.3, 0.4) is 0 Å². The summed E-state index contributed by atoms with van der Waals surface area (Å²) in [5, 5.41) is 4.43. The van der Waals surface area contributed by atoms with Crippen molar-refractivity contribution in [3.05, 3.63) is 16.9 Å². The molecule has 0 aromatic carbocycles. The normalized spacial score (nSPS) is 18.2. The standard InChI is InChI=1S/C10H13ClN2O/c1-6(7-3-4-7)10(14)9-8(11)5-12-13(9)2/h5-7H,3-4H2,1-2H3. The first-order valence-corrected chi connectivity index (χ1v) is 5.20. The number of carbonyl (C=O) groups excluding carboxylic acids is 1. The molecular weight excluding hydrogens is 200 g/mol. The van der Waals surface area contributed by atoms with E-state index in [1.54, 1.807) is 11.7 Å². The summed E-state index contributed by atoms with van der Waals surface area (Å²) >= 11 is 5.90. The average molecular weight is 213 g/mol. The van der Waals surface area contributed by atoms with Crippen molar-refractivity contribution >= 4 is 17.4 Å². The molecule has 0 amide bonds. The Morgan fingerprint density at radius 1 is 1.71 bits per heavy atom. The molecule has 1 saturated carbocycles. The zero-order valence-corrected chi connectivity index (χ0v) is 9.08. The Hall–Kier alpha value is -0.830.